The number of H-pyrrole nitrogens is 1. The molecule has 1 N–H and O–H groups in total. The van der Waals surface area contributed by atoms with Gasteiger partial charge in [-0.05, 0) is 32.0 Å². The smallest absolute Gasteiger partial charge is 0.344 e. The van der Waals surface area contributed by atoms with Crippen LogP contribution in [0.3, 0.4) is 0 Å². The molecule has 0 aliphatic rings. The molecule has 2 aromatic heterocycles. The van der Waals surface area contributed by atoms with Crippen molar-refractivity contribution in [3.63, 3.8) is 0 Å². The summed E-state index contributed by atoms with van der Waals surface area (Å²) in [7, 11) is 0. The van der Waals surface area contributed by atoms with E-state index in [-0.39, 0.29) is 11.5 Å². The molecule has 1 aromatic carbocycles. The number of nitrogens with zero attached hydrogens (tertiary/aromatic N) is 3. The van der Waals surface area contributed by atoms with Crippen LogP contribution in [0.15, 0.2) is 36.7 Å². The zero-order valence-electron chi connectivity index (χ0n) is 14.7. The summed E-state index contributed by atoms with van der Waals surface area (Å²) in [6, 6.07) is 7.08. The van der Waals surface area contributed by atoms with Gasteiger partial charge in [0.2, 0.25) is 11.7 Å². The SMILES string of the molecule is Cc1cc(C(=O)COC(=O)COc2cccc(F)c2)c(C)n1-c1ncn[nH]1. The summed E-state index contributed by atoms with van der Waals surface area (Å²) in [6.07, 6.45) is 1.37. The van der Waals surface area contributed by atoms with Gasteiger partial charge in [-0.25, -0.2) is 14.3 Å². The molecule has 3 rings (SSSR count). The number of rotatable bonds is 7. The third-order valence-corrected chi connectivity index (χ3v) is 3.86. The van der Waals surface area contributed by atoms with E-state index >= 15 is 0 Å². The molecule has 0 aliphatic carbocycles. The Bertz CT molecular complexity index is 966. The van der Waals surface area contributed by atoms with Crippen molar-refractivity contribution in [2.24, 2.45) is 0 Å². The monoisotopic (exact) mass is 372 g/mol. The maximum absolute atomic E-state index is 13.1. The zero-order valence-corrected chi connectivity index (χ0v) is 14.7. The molecule has 0 bridgehead atoms. The summed E-state index contributed by atoms with van der Waals surface area (Å²) in [5.41, 5.74) is 1.86. The highest BCUT2D eigenvalue weighted by atomic mass is 19.1. The number of halogens is 1. The van der Waals surface area contributed by atoms with E-state index in [9.17, 15) is 14.0 Å². The number of aryl methyl sites for hydroxylation is 1. The minimum absolute atomic E-state index is 0.203. The van der Waals surface area contributed by atoms with Gasteiger partial charge in [-0.2, -0.15) is 10.1 Å². The Labute approximate surface area is 153 Å². The maximum Gasteiger partial charge on any atom is 0.344 e. The van der Waals surface area contributed by atoms with Gasteiger partial charge in [0.05, 0.1) is 0 Å². The van der Waals surface area contributed by atoms with Gasteiger partial charge in [0.15, 0.2) is 13.2 Å². The minimum atomic E-state index is -0.725. The molecule has 0 fully saturated rings. The molecule has 0 atom stereocenters. The van der Waals surface area contributed by atoms with Crippen molar-refractivity contribution in [1.82, 2.24) is 19.7 Å². The Morgan fingerprint density at radius 1 is 1.22 bits per heavy atom. The predicted molar refractivity (Wildman–Crippen MR) is 92.4 cm³/mol. The van der Waals surface area contributed by atoms with Crippen LogP contribution in [-0.4, -0.2) is 44.7 Å². The molecule has 27 heavy (non-hydrogen) atoms. The van der Waals surface area contributed by atoms with Crippen LogP contribution < -0.4 is 4.74 Å². The molecule has 9 heteroatoms. The van der Waals surface area contributed by atoms with Gasteiger partial charge in [-0.3, -0.25) is 9.36 Å². The van der Waals surface area contributed by atoms with Crippen molar-refractivity contribution in [2.45, 2.75) is 13.8 Å². The summed E-state index contributed by atoms with van der Waals surface area (Å²) >= 11 is 0. The predicted octanol–water partition coefficient (Wildman–Crippen LogP) is 2.16. The van der Waals surface area contributed by atoms with Gasteiger partial charge in [0.1, 0.15) is 17.9 Å². The lowest BCUT2D eigenvalue weighted by molar-refractivity contribution is -0.144. The van der Waals surface area contributed by atoms with Crippen LogP contribution in [-0.2, 0) is 9.53 Å². The van der Waals surface area contributed by atoms with Gasteiger partial charge in [-0.15, -0.1) is 0 Å². The molecule has 0 saturated heterocycles. The van der Waals surface area contributed by atoms with Crippen LogP contribution in [0, 0.1) is 19.7 Å². The molecule has 8 nitrogen and oxygen atoms in total. The first-order valence-corrected chi connectivity index (χ1v) is 8.07. The Hall–Kier alpha value is -3.49. The number of Topliss-reactive ketones (excluding diaryl/α,β-unsaturated/α-hetero) is 1. The normalized spacial score (nSPS) is 10.6. The van der Waals surface area contributed by atoms with Crippen molar-refractivity contribution in [1.29, 1.82) is 0 Å². The van der Waals surface area contributed by atoms with E-state index in [0.717, 1.165) is 11.8 Å². The summed E-state index contributed by atoms with van der Waals surface area (Å²) in [5.74, 6) is -0.860. The lowest BCUT2D eigenvalue weighted by Crippen LogP contribution is -2.20. The highest BCUT2D eigenvalue weighted by Crippen LogP contribution is 2.19. The van der Waals surface area contributed by atoms with Crippen LogP contribution >= 0.6 is 0 Å². The fourth-order valence-corrected chi connectivity index (χ4v) is 2.64. The number of nitrogens with one attached hydrogen (secondary N) is 1. The molecule has 2 heterocycles. The molecule has 0 radical (unpaired) electrons. The summed E-state index contributed by atoms with van der Waals surface area (Å²) in [4.78, 5) is 28.2. The van der Waals surface area contributed by atoms with Crippen molar-refractivity contribution >= 4 is 11.8 Å². The molecule has 140 valence electrons. The Kier molecular flexibility index (Phi) is 5.30. The molecular formula is C18H17FN4O4. The number of hydrogen-bond acceptors (Lipinski definition) is 6. The Balaban J connectivity index is 1.58. The molecule has 3 aromatic rings. The van der Waals surface area contributed by atoms with Crippen molar-refractivity contribution in [2.75, 3.05) is 13.2 Å². The summed E-state index contributed by atoms with van der Waals surface area (Å²) in [6.45, 7) is 2.74. The van der Waals surface area contributed by atoms with Gasteiger partial charge < -0.3 is 9.47 Å². The highest BCUT2D eigenvalue weighted by Gasteiger charge is 2.19. The van der Waals surface area contributed by atoms with Crippen LogP contribution in [0.25, 0.3) is 5.95 Å². The van der Waals surface area contributed by atoms with E-state index in [1.54, 1.807) is 17.6 Å². The van der Waals surface area contributed by atoms with Crippen LogP contribution in [0.4, 0.5) is 4.39 Å². The molecule has 0 unspecified atom stereocenters. The number of ether oxygens (including phenoxy) is 2. The first-order valence-electron chi connectivity index (χ1n) is 8.07. The Morgan fingerprint density at radius 2 is 2.04 bits per heavy atom. The number of esters is 1. The van der Waals surface area contributed by atoms with Crippen LogP contribution in [0.1, 0.15) is 21.7 Å². The first-order chi connectivity index (χ1) is 13.0. The zero-order chi connectivity index (χ0) is 19.4. The Morgan fingerprint density at radius 3 is 2.74 bits per heavy atom. The number of carbonyl (C=O) groups excluding carboxylic acids is 2. The van der Waals surface area contributed by atoms with Gasteiger partial charge >= 0.3 is 5.97 Å². The minimum Gasteiger partial charge on any atom is -0.482 e. The van der Waals surface area contributed by atoms with Gasteiger partial charge in [0, 0.05) is 23.0 Å². The number of ketones is 1. The molecular weight excluding hydrogens is 355 g/mol. The number of aromatic nitrogens is 4. The average Bonchev–Trinajstić information content (AvgIpc) is 3.25. The van der Waals surface area contributed by atoms with Gasteiger partial charge in [-0.1, -0.05) is 6.07 Å². The van der Waals surface area contributed by atoms with E-state index in [0.29, 0.717) is 17.2 Å². The van der Waals surface area contributed by atoms with E-state index in [4.69, 9.17) is 9.47 Å². The van der Waals surface area contributed by atoms with E-state index in [1.165, 1.54) is 24.5 Å². The van der Waals surface area contributed by atoms with Crippen molar-refractivity contribution in [3.8, 4) is 11.7 Å². The first kappa shape index (κ1) is 18.3. The topological polar surface area (TPSA) is 99.1 Å². The quantitative estimate of drug-likeness (QED) is 0.504. The largest absolute Gasteiger partial charge is 0.482 e. The fraction of sp³-hybridized carbons (Fsp3) is 0.222. The fourth-order valence-electron chi connectivity index (χ4n) is 2.64. The van der Waals surface area contributed by atoms with Crippen molar-refractivity contribution < 1.29 is 23.5 Å². The van der Waals surface area contributed by atoms with Crippen molar-refractivity contribution in [3.05, 3.63) is 59.4 Å². The number of carbonyl (C=O) groups is 2. The average molecular weight is 372 g/mol. The maximum atomic E-state index is 13.1. The van der Waals surface area contributed by atoms with Crippen LogP contribution in [0.2, 0.25) is 0 Å². The number of aromatic amines is 1. The van der Waals surface area contributed by atoms with Crippen LogP contribution in [0.5, 0.6) is 5.75 Å². The number of benzene rings is 1. The summed E-state index contributed by atoms with van der Waals surface area (Å²) < 4.78 is 24.9. The molecule has 0 saturated carbocycles. The lowest BCUT2D eigenvalue weighted by atomic mass is 10.1. The molecule has 0 amide bonds. The molecule has 0 spiro atoms. The molecule has 0 aliphatic heterocycles. The second-order valence-corrected chi connectivity index (χ2v) is 5.76. The third-order valence-electron chi connectivity index (χ3n) is 3.86. The second kappa shape index (κ2) is 7.81. The highest BCUT2D eigenvalue weighted by molar-refractivity contribution is 5.99. The number of hydrogen-bond donors (Lipinski definition) is 1. The van der Waals surface area contributed by atoms with E-state index < -0.39 is 25.0 Å². The second-order valence-electron chi connectivity index (χ2n) is 5.76. The summed E-state index contributed by atoms with van der Waals surface area (Å²) in [5, 5.41) is 6.53. The van der Waals surface area contributed by atoms with E-state index in [2.05, 4.69) is 15.2 Å². The third kappa shape index (κ3) is 4.20. The standard InChI is InChI=1S/C18H17FN4O4/c1-11-6-15(12(2)23(11)18-20-10-21-22-18)16(24)8-27-17(25)9-26-14-5-3-4-13(19)7-14/h3-7,10H,8-9H2,1-2H3,(H,20,21,22). The van der Waals surface area contributed by atoms with Gasteiger partial charge in [0.25, 0.3) is 0 Å². The lowest BCUT2D eigenvalue weighted by Gasteiger charge is -2.07. The van der Waals surface area contributed by atoms with E-state index in [1.807, 2.05) is 6.92 Å².